The molecule has 0 atom stereocenters. The van der Waals surface area contributed by atoms with Crippen LogP contribution in [0, 0.1) is 0 Å². The standard InChI is InChI=1S/C10H18N2O/c1-3-6-11-10(13)9-5-4-7-12(2)8-9/h5H,3-4,6-8H2,1-2H3,(H,11,13). The van der Waals surface area contributed by atoms with Crippen LogP contribution in [0.5, 0.6) is 0 Å². The zero-order valence-electron chi connectivity index (χ0n) is 8.47. The lowest BCUT2D eigenvalue weighted by atomic mass is 10.1. The highest BCUT2D eigenvalue weighted by molar-refractivity contribution is 5.93. The van der Waals surface area contributed by atoms with Gasteiger partial charge in [-0.1, -0.05) is 13.0 Å². The first-order valence-electron chi connectivity index (χ1n) is 4.89. The molecule has 0 aromatic carbocycles. The van der Waals surface area contributed by atoms with Gasteiger partial charge >= 0.3 is 0 Å². The van der Waals surface area contributed by atoms with Gasteiger partial charge in [0.1, 0.15) is 0 Å². The van der Waals surface area contributed by atoms with Gasteiger partial charge in [0.25, 0.3) is 0 Å². The molecule has 0 spiro atoms. The Morgan fingerprint density at radius 2 is 2.46 bits per heavy atom. The lowest BCUT2D eigenvalue weighted by molar-refractivity contribution is -0.117. The number of rotatable bonds is 3. The second kappa shape index (κ2) is 5.02. The van der Waals surface area contributed by atoms with Gasteiger partial charge < -0.3 is 10.2 Å². The van der Waals surface area contributed by atoms with Crippen LogP contribution in [0.4, 0.5) is 0 Å². The Morgan fingerprint density at radius 3 is 3.08 bits per heavy atom. The molecule has 1 N–H and O–H groups in total. The molecular weight excluding hydrogens is 164 g/mol. The summed E-state index contributed by atoms with van der Waals surface area (Å²) in [4.78, 5) is 13.7. The maximum absolute atomic E-state index is 11.5. The molecule has 0 saturated carbocycles. The van der Waals surface area contributed by atoms with Gasteiger partial charge in [-0.3, -0.25) is 4.79 Å². The molecule has 0 saturated heterocycles. The Bertz CT molecular complexity index is 211. The van der Waals surface area contributed by atoms with E-state index in [0.29, 0.717) is 0 Å². The molecule has 74 valence electrons. The first-order chi connectivity index (χ1) is 6.24. The largest absolute Gasteiger partial charge is 0.352 e. The monoisotopic (exact) mass is 182 g/mol. The Kier molecular flexibility index (Phi) is 3.96. The van der Waals surface area contributed by atoms with Gasteiger partial charge in [-0.15, -0.1) is 0 Å². The molecular formula is C10H18N2O. The van der Waals surface area contributed by atoms with E-state index in [4.69, 9.17) is 0 Å². The Morgan fingerprint density at radius 1 is 1.69 bits per heavy atom. The summed E-state index contributed by atoms with van der Waals surface area (Å²) in [7, 11) is 2.04. The van der Waals surface area contributed by atoms with E-state index in [0.717, 1.165) is 38.0 Å². The second-order valence-corrected chi connectivity index (χ2v) is 3.51. The number of hydrogen-bond acceptors (Lipinski definition) is 2. The molecule has 1 aliphatic rings. The predicted molar refractivity (Wildman–Crippen MR) is 53.5 cm³/mol. The van der Waals surface area contributed by atoms with Gasteiger partial charge in [0.15, 0.2) is 0 Å². The van der Waals surface area contributed by atoms with Crippen LogP contribution in [0.15, 0.2) is 11.6 Å². The van der Waals surface area contributed by atoms with Gasteiger partial charge in [0, 0.05) is 25.2 Å². The first kappa shape index (κ1) is 10.3. The van der Waals surface area contributed by atoms with Crippen molar-refractivity contribution in [3.05, 3.63) is 11.6 Å². The minimum Gasteiger partial charge on any atom is -0.352 e. The summed E-state index contributed by atoms with van der Waals surface area (Å²) in [6, 6.07) is 0. The van der Waals surface area contributed by atoms with Crippen molar-refractivity contribution in [3.63, 3.8) is 0 Å². The van der Waals surface area contributed by atoms with Gasteiger partial charge in [-0.05, 0) is 19.9 Å². The summed E-state index contributed by atoms with van der Waals surface area (Å²) >= 11 is 0. The van der Waals surface area contributed by atoms with E-state index < -0.39 is 0 Å². The zero-order valence-corrected chi connectivity index (χ0v) is 8.47. The molecule has 1 aliphatic heterocycles. The van der Waals surface area contributed by atoms with Crippen LogP contribution in [0.2, 0.25) is 0 Å². The average molecular weight is 182 g/mol. The van der Waals surface area contributed by atoms with Crippen LogP contribution in [0.3, 0.4) is 0 Å². The summed E-state index contributed by atoms with van der Waals surface area (Å²) in [5, 5.41) is 2.89. The molecule has 1 amide bonds. The number of carbonyl (C=O) groups excluding carboxylic acids is 1. The number of nitrogens with one attached hydrogen (secondary N) is 1. The van der Waals surface area contributed by atoms with Crippen molar-refractivity contribution in [2.45, 2.75) is 19.8 Å². The summed E-state index contributed by atoms with van der Waals surface area (Å²) in [6.07, 6.45) is 4.03. The quantitative estimate of drug-likeness (QED) is 0.699. The van der Waals surface area contributed by atoms with E-state index in [1.165, 1.54) is 0 Å². The second-order valence-electron chi connectivity index (χ2n) is 3.51. The van der Waals surface area contributed by atoms with E-state index in [2.05, 4.69) is 17.1 Å². The highest BCUT2D eigenvalue weighted by Gasteiger charge is 2.14. The normalized spacial score (nSPS) is 18.2. The number of carbonyl (C=O) groups is 1. The van der Waals surface area contributed by atoms with Gasteiger partial charge in [0.2, 0.25) is 5.91 Å². The zero-order chi connectivity index (χ0) is 9.68. The fraction of sp³-hybridized carbons (Fsp3) is 0.700. The molecule has 0 bridgehead atoms. The topological polar surface area (TPSA) is 32.3 Å². The molecule has 1 rings (SSSR count). The third kappa shape index (κ3) is 3.19. The van der Waals surface area contributed by atoms with Crippen LogP contribution >= 0.6 is 0 Å². The number of likely N-dealkylation sites (N-methyl/N-ethyl adjacent to an activating group) is 1. The van der Waals surface area contributed by atoms with Crippen LogP contribution in [0.25, 0.3) is 0 Å². The van der Waals surface area contributed by atoms with Crippen molar-refractivity contribution in [2.24, 2.45) is 0 Å². The van der Waals surface area contributed by atoms with Crippen molar-refractivity contribution in [3.8, 4) is 0 Å². The summed E-state index contributed by atoms with van der Waals surface area (Å²) in [5.74, 6) is 0.105. The van der Waals surface area contributed by atoms with E-state index in [1.54, 1.807) is 0 Å². The van der Waals surface area contributed by atoms with Crippen LogP contribution in [-0.2, 0) is 4.79 Å². The highest BCUT2D eigenvalue weighted by Crippen LogP contribution is 2.07. The van der Waals surface area contributed by atoms with Gasteiger partial charge in [-0.2, -0.15) is 0 Å². The maximum Gasteiger partial charge on any atom is 0.248 e. The number of hydrogen-bond donors (Lipinski definition) is 1. The Labute approximate surface area is 79.8 Å². The molecule has 0 fully saturated rings. The fourth-order valence-electron chi connectivity index (χ4n) is 1.41. The molecule has 0 aromatic rings. The number of nitrogens with zero attached hydrogens (tertiary/aromatic N) is 1. The lowest BCUT2D eigenvalue weighted by Gasteiger charge is -2.22. The van der Waals surface area contributed by atoms with Crippen LogP contribution in [0.1, 0.15) is 19.8 Å². The smallest absolute Gasteiger partial charge is 0.248 e. The maximum atomic E-state index is 11.5. The molecule has 0 aliphatic carbocycles. The van der Waals surface area contributed by atoms with E-state index in [1.807, 2.05) is 13.1 Å². The first-order valence-corrected chi connectivity index (χ1v) is 4.89. The van der Waals surface area contributed by atoms with E-state index >= 15 is 0 Å². The summed E-state index contributed by atoms with van der Waals surface area (Å²) in [6.45, 7) is 4.68. The van der Waals surface area contributed by atoms with Crippen molar-refractivity contribution in [2.75, 3.05) is 26.7 Å². The molecule has 0 unspecified atom stereocenters. The minimum atomic E-state index is 0.105. The third-order valence-electron chi connectivity index (χ3n) is 2.17. The van der Waals surface area contributed by atoms with Crippen LogP contribution in [-0.4, -0.2) is 37.5 Å². The molecule has 3 heteroatoms. The summed E-state index contributed by atoms with van der Waals surface area (Å²) < 4.78 is 0. The van der Waals surface area contributed by atoms with E-state index in [-0.39, 0.29) is 5.91 Å². The minimum absolute atomic E-state index is 0.105. The molecule has 0 radical (unpaired) electrons. The average Bonchev–Trinajstić information content (AvgIpc) is 2.14. The van der Waals surface area contributed by atoms with Crippen molar-refractivity contribution < 1.29 is 4.79 Å². The number of amides is 1. The molecule has 1 heterocycles. The predicted octanol–water partition coefficient (Wildman–Crippen LogP) is 0.774. The summed E-state index contributed by atoms with van der Waals surface area (Å²) in [5.41, 5.74) is 0.919. The SMILES string of the molecule is CCCNC(=O)C1=CCCN(C)C1. The van der Waals surface area contributed by atoms with Crippen molar-refractivity contribution in [1.82, 2.24) is 10.2 Å². The molecule has 3 nitrogen and oxygen atoms in total. The highest BCUT2D eigenvalue weighted by atomic mass is 16.1. The Balaban J connectivity index is 2.41. The fourth-order valence-corrected chi connectivity index (χ4v) is 1.41. The van der Waals surface area contributed by atoms with Crippen LogP contribution < -0.4 is 5.32 Å². The molecule has 0 aromatic heterocycles. The van der Waals surface area contributed by atoms with Crippen molar-refractivity contribution in [1.29, 1.82) is 0 Å². The molecule has 13 heavy (non-hydrogen) atoms. The third-order valence-corrected chi connectivity index (χ3v) is 2.17. The van der Waals surface area contributed by atoms with E-state index in [9.17, 15) is 4.79 Å². The Hall–Kier alpha value is -0.830. The lowest BCUT2D eigenvalue weighted by Crippen LogP contribution is -2.34. The van der Waals surface area contributed by atoms with Gasteiger partial charge in [-0.25, -0.2) is 0 Å². The van der Waals surface area contributed by atoms with Gasteiger partial charge in [0.05, 0.1) is 0 Å². The van der Waals surface area contributed by atoms with Crippen molar-refractivity contribution >= 4 is 5.91 Å².